The molecule has 0 saturated carbocycles. The van der Waals surface area contributed by atoms with E-state index in [1.165, 1.54) is 10.4 Å². The zero-order chi connectivity index (χ0) is 13.9. The molecular weight excluding hydrogens is 264 g/mol. The SMILES string of the molecule is Cc1cccc(O)c1NS(=O)(=O)N1CCCCCC1. The predicted octanol–water partition coefficient (Wildman–Crippen LogP) is 2.23. The van der Waals surface area contributed by atoms with Crippen LogP contribution in [-0.2, 0) is 10.2 Å². The van der Waals surface area contributed by atoms with Crippen LogP contribution in [0.25, 0.3) is 0 Å². The van der Waals surface area contributed by atoms with Crippen LogP contribution in [0.2, 0.25) is 0 Å². The summed E-state index contributed by atoms with van der Waals surface area (Å²) >= 11 is 0. The lowest BCUT2D eigenvalue weighted by molar-refractivity contribution is 0.427. The van der Waals surface area contributed by atoms with Crippen molar-refractivity contribution >= 4 is 15.9 Å². The molecule has 1 heterocycles. The molecule has 0 spiro atoms. The highest BCUT2D eigenvalue weighted by atomic mass is 32.2. The van der Waals surface area contributed by atoms with E-state index >= 15 is 0 Å². The number of hydrogen-bond donors (Lipinski definition) is 2. The van der Waals surface area contributed by atoms with Crippen molar-refractivity contribution in [2.24, 2.45) is 0 Å². The molecule has 0 unspecified atom stereocenters. The first kappa shape index (κ1) is 14.1. The topological polar surface area (TPSA) is 69.6 Å². The molecule has 0 amide bonds. The van der Waals surface area contributed by atoms with E-state index in [4.69, 9.17) is 0 Å². The zero-order valence-electron chi connectivity index (χ0n) is 11.1. The van der Waals surface area contributed by atoms with Crippen molar-refractivity contribution in [3.63, 3.8) is 0 Å². The number of rotatable bonds is 3. The number of anilines is 1. The highest BCUT2D eigenvalue weighted by Gasteiger charge is 2.24. The molecule has 0 aromatic heterocycles. The summed E-state index contributed by atoms with van der Waals surface area (Å²) in [5.41, 5.74) is 0.977. The fourth-order valence-corrected chi connectivity index (χ4v) is 3.65. The number of nitrogens with zero attached hydrogens (tertiary/aromatic N) is 1. The lowest BCUT2D eigenvalue weighted by Gasteiger charge is -2.21. The maximum Gasteiger partial charge on any atom is 0.301 e. The normalized spacial score (nSPS) is 17.9. The van der Waals surface area contributed by atoms with Gasteiger partial charge < -0.3 is 5.11 Å². The van der Waals surface area contributed by atoms with Gasteiger partial charge in [-0.3, -0.25) is 4.72 Å². The second kappa shape index (κ2) is 5.79. The third-order valence-electron chi connectivity index (χ3n) is 3.39. The molecule has 1 saturated heterocycles. The van der Waals surface area contributed by atoms with E-state index in [1.54, 1.807) is 19.1 Å². The van der Waals surface area contributed by atoms with Crippen LogP contribution in [0.4, 0.5) is 5.69 Å². The summed E-state index contributed by atoms with van der Waals surface area (Å²) in [6.45, 7) is 2.85. The Hall–Kier alpha value is -1.27. The first-order chi connectivity index (χ1) is 9.00. The minimum Gasteiger partial charge on any atom is -0.506 e. The molecule has 1 aliphatic rings. The Kier molecular flexibility index (Phi) is 4.31. The number of hydrogen-bond acceptors (Lipinski definition) is 3. The monoisotopic (exact) mass is 284 g/mol. The largest absolute Gasteiger partial charge is 0.506 e. The Bertz CT molecular complexity index is 515. The van der Waals surface area contributed by atoms with E-state index in [0.29, 0.717) is 18.7 Å². The maximum absolute atomic E-state index is 12.3. The molecular formula is C13H20N2O3S. The minimum absolute atomic E-state index is 0.0432. The highest BCUT2D eigenvalue weighted by Crippen LogP contribution is 2.28. The lowest BCUT2D eigenvalue weighted by Crippen LogP contribution is -2.36. The molecule has 0 atom stereocenters. The average molecular weight is 284 g/mol. The van der Waals surface area contributed by atoms with Gasteiger partial charge in [0, 0.05) is 13.1 Å². The molecule has 1 aromatic carbocycles. The first-order valence-corrected chi connectivity index (χ1v) is 8.01. The van der Waals surface area contributed by atoms with Crippen molar-refractivity contribution in [3.8, 4) is 5.75 Å². The molecule has 0 aliphatic carbocycles. The molecule has 106 valence electrons. The molecule has 1 aliphatic heterocycles. The van der Waals surface area contributed by atoms with Gasteiger partial charge in [-0.1, -0.05) is 25.0 Å². The number of aromatic hydroxyl groups is 1. The van der Waals surface area contributed by atoms with Gasteiger partial charge in [0.1, 0.15) is 5.75 Å². The van der Waals surface area contributed by atoms with Crippen LogP contribution in [0.15, 0.2) is 18.2 Å². The molecule has 5 nitrogen and oxygen atoms in total. The van der Waals surface area contributed by atoms with Crippen LogP contribution in [0, 0.1) is 6.92 Å². The number of para-hydroxylation sites is 1. The molecule has 1 fully saturated rings. The van der Waals surface area contributed by atoms with Gasteiger partial charge in [-0.25, -0.2) is 0 Å². The summed E-state index contributed by atoms with van der Waals surface area (Å²) in [5, 5.41) is 9.76. The van der Waals surface area contributed by atoms with Crippen LogP contribution in [0.5, 0.6) is 5.75 Å². The number of phenols is 1. The standard InChI is InChI=1S/C13H20N2O3S/c1-11-7-6-8-12(16)13(11)14-19(17,18)15-9-4-2-3-5-10-15/h6-8,14,16H,2-5,9-10H2,1H3. The molecule has 6 heteroatoms. The van der Waals surface area contributed by atoms with Crippen LogP contribution >= 0.6 is 0 Å². The van der Waals surface area contributed by atoms with E-state index in [1.807, 2.05) is 0 Å². The predicted molar refractivity (Wildman–Crippen MR) is 75.4 cm³/mol. The first-order valence-electron chi connectivity index (χ1n) is 6.57. The Morgan fingerprint density at radius 1 is 1.16 bits per heavy atom. The second-order valence-electron chi connectivity index (χ2n) is 4.89. The fourth-order valence-electron chi connectivity index (χ4n) is 2.26. The van der Waals surface area contributed by atoms with Gasteiger partial charge in [0.15, 0.2) is 0 Å². The quantitative estimate of drug-likeness (QED) is 0.836. The fraction of sp³-hybridized carbons (Fsp3) is 0.538. The lowest BCUT2D eigenvalue weighted by atomic mass is 10.2. The molecule has 19 heavy (non-hydrogen) atoms. The average Bonchev–Trinajstić information content (AvgIpc) is 2.63. The summed E-state index contributed by atoms with van der Waals surface area (Å²) in [6.07, 6.45) is 3.92. The van der Waals surface area contributed by atoms with E-state index in [-0.39, 0.29) is 11.4 Å². The Balaban J connectivity index is 2.20. The van der Waals surface area contributed by atoms with Crippen molar-refractivity contribution in [3.05, 3.63) is 23.8 Å². The van der Waals surface area contributed by atoms with Crippen molar-refractivity contribution in [1.29, 1.82) is 0 Å². The van der Waals surface area contributed by atoms with E-state index in [9.17, 15) is 13.5 Å². The van der Waals surface area contributed by atoms with Gasteiger partial charge in [0.05, 0.1) is 5.69 Å². The zero-order valence-corrected chi connectivity index (χ0v) is 11.9. The number of nitrogens with one attached hydrogen (secondary N) is 1. The van der Waals surface area contributed by atoms with Crippen molar-refractivity contribution in [2.75, 3.05) is 17.8 Å². The number of aryl methyl sites for hydroxylation is 1. The minimum atomic E-state index is -3.58. The van der Waals surface area contributed by atoms with Gasteiger partial charge >= 0.3 is 10.2 Å². The van der Waals surface area contributed by atoms with E-state index < -0.39 is 10.2 Å². The third kappa shape index (κ3) is 3.39. The van der Waals surface area contributed by atoms with Gasteiger partial charge in [0.2, 0.25) is 0 Å². The number of phenolic OH excluding ortho intramolecular Hbond substituents is 1. The maximum atomic E-state index is 12.3. The molecule has 1 aromatic rings. The van der Waals surface area contributed by atoms with Crippen LogP contribution in [0.1, 0.15) is 31.2 Å². The molecule has 2 rings (SSSR count). The highest BCUT2D eigenvalue weighted by molar-refractivity contribution is 7.90. The summed E-state index contributed by atoms with van der Waals surface area (Å²) in [5.74, 6) is -0.0432. The van der Waals surface area contributed by atoms with Gasteiger partial charge in [-0.15, -0.1) is 0 Å². The number of benzene rings is 1. The smallest absolute Gasteiger partial charge is 0.301 e. The summed E-state index contributed by atoms with van der Waals surface area (Å²) in [6, 6.07) is 4.93. The van der Waals surface area contributed by atoms with E-state index in [2.05, 4.69) is 4.72 Å². The van der Waals surface area contributed by atoms with E-state index in [0.717, 1.165) is 25.7 Å². The summed E-state index contributed by atoms with van der Waals surface area (Å²) in [7, 11) is -3.58. The van der Waals surface area contributed by atoms with Gasteiger partial charge in [-0.05, 0) is 31.4 Å². The van der Waals surface area contributed by atoms with Crippen molar-refractivity contribution < 1.29 is 13.5 Å². The third-order valence-corrected chi connectivity index (χ3v) is 4.89. The Morgan fingerprint density at radius 3 is 2.37 bits per heavy atom. The van der Waals surface area contributed by atoms with Crippen LogP contribution in [0.3, 0.4) is 0 Å². The molecule has 0 bridgehead atoms. The summed E-state index contributed by atoms with van der Waals surface area (Å²) < 4.78 is 28.6. The second-order valence-corrected chi connectivity index (χ2v) is 6.56. The molecule has 2 N–H and O–H groups in total. The Morgan fingerprint density at radius 2 is 1.79 bits per heavy atom. The molecule has 0 radical (unpaired) electrons. The van der Waals surface area contributed by atoms with Gasteiger partial charge in [-0.2, -0.15) is 12.7 Å². The van der Waals surface area contributed by atoms with Crippen molar-refractivity contribution in [1.82, 2.24) is 4.31 Å². The van der Waals surface area contributed by atoms with Crippen LogP contribution < -0.4 is 4.72 Å². The summed E-state index contributed by atoms with van der Waals surface area (Å²) in [4.78, 5) is 0. The van der Waals surface area contributed by atoms with Crippen LogP contribution in [-0.4, -0.2) is 30.9 Å². The van der Waals surface area contributed by atoms with Crippen molar-refractivity contribution in [2.45, 2.75) is 32.6 Å². The van der Waals surface area contributed by atoms with Gasteiger partial charge in [0.25, 0.3) is 0 Å². The Labute approximate surface area is 114 Å².